The van der Waals surface area contributed by atoms with Crippen molar-refractivity contribution in [3.63, 3.8) is 0 Å². The number of ether oxygens (including phenoxy) is 3. The molecular weight excluding hydrogens is 404 g/mol. The van der Waals surface area contributed by atoms with Crippen LogP contribution >= 0.6 is 0 Å². The summed E-state index contributed by atoms with van der Waals surface area (Å²) in [5, 5.41) is 0. The molecule has 3 rings (SSSR count). The van der Waals surface area contributed by atoms with Gasteiger partial charge in [-0.2, -0.15) is 0 Å². The Morgan fingerprint density at radius 2 is 1.41 bits per heavy atom. The summed E-state index contributed by atoms with van der Waals surface area (Å²) in [7, 11) is 0. The summed E-state index contributed by atoms with van der Waals surface area (Å²) in [4.78, 5) is 24.9. The van der Waals surface area contributed by atoms with Crippen LogP contribution in [-0.4, -0.2) is 25.2 Å². The molecule has 5 heteroatoms. The normalized spacial score (nSPS) is 10.4. The van der Waals surface area contributed by atoms with Crippen molar-refractivity contribution < 1.29 is 23.8 Å². The van der Waals surface area contributed by atoms with Gasteiger partial charge in [0.05, 0.1) is 24.3 Å². The highest BCUT2D eigenvalue weighted by molar-refractivity contribution is 5.93. The van der Waals surface area contributed by atoms with Crippen LogP contribution < -0.4 is 9.47 Å². The molecule has 0 saturated carbocycles. The molecule has 0 saturated heterocycles. The monoisotopic (exact) mass is 432 g/mol. The van der Waals surface area contributed by atoms with Crippen molar-refractivity contribution in [1.82, 2.24) is 0 Å². The van der Waals surface area contributed by atoms with E-state index in [2.05, 4.69) is 6.92 Å². The smallest absolute Gasteiger partial charge is 0.343 e. The van der Waals surface area contributed by atoms with Gasteiger partial charge in [0.25, 0.3) is 0 Å². The van der Waals surface area contributed by atoms with E-state index in [0.717, 1.165) is 25.7 Å². The number of carbonyl (C=O) groups excluding carboxylic acids is 2. The van der Waals surface area contributed by atoms with Crippen LogP contribution in [0.15, 0.2) is 78.9 Å². The third-order valence-corrected chi connectivity index (χ3v) is 4.80. The van der Waals surface area contributed by atoms with Gasteiger partial charge in [0.2, 0.25) is 0 Å². The molecule has 0 aliphatic carbocycles. The lowest BCUT2D eigenvalue weighted by Gasteiger charge is -2.09. The molecule has 0 spiro atoms. The van der Waals surface area contributed by atoms with Gasteiger partial charge in [-0.25, -0.2) is 9.59 Å². The third kappa shape index (κ3) is 7.27. The van der Waals surface area contributed by atoms with E-state index in [-0.39, 0.29) is 5.75 Å². The Labute approximate surface area is 188 Å². The van der Waals surface area contributed by atoms with Gasteiger partial charge in [-0.15, -0.1) is 0 Å². The van der Waals surface area contributed by atoms with Gasteiger partial charge >= 0.3 is 11.9 Å². The highest BCUT2D eigenvalue weighted by Gasteiger charge is 2.13. The first-order valence-corrected chi connectivity index (χ1v) is 10.9. The number of rotatable bonds is 11. The van der Waals surface area contributed by atoms with Crippen LogP contribution in [-0.2, 0) is 11.2 Å². The maximum Gasteiger partial charge on any atom is 0.343 e. The van der Waals surface area contributed by atoms with Crippen molar-refractivity contribution in [2.45, 2.75) is 32.6 Å². The molecule has 0 heterocycles. The summed E-state index contributed by atoms with van der Waals surface area (Å²) in [6.07, 6.45) is 3.56. The fraction of sp³-hybridized carbons (Fsp3) is 0.259. The van der Waals surface area contributed by atoms with Crippen molar-refractivity contribution in [3.8, 4) is 11.5 Å². The van der Waals surface area contributed by atoms with Crippen LogP contribution in [0.2, 0.25) is 0 Å². The minimum absolute atomic E-state index is 0.283. The van der Waals surface area contributed by atoms with E-state index in [1.54, 1.807) is 42.5 Å². The molecule has 3 aromatic rings. The fourth-order valence-electron chi connectivity index (χ4n) is 3.07. The van der Waals surface area contributed by atoms with Crippen molar-refractivity contribution in [2.24, 2.45) is 0 Å². The summed E-state index contributed by atoms with van der Waals surface area (Å²) >= 11 is 0. The second-order valence-electron chi connectivity index (χ2n) is 7.37. The quantitative estimate of drug-likeness (QED) is 0.215. The summed E-state index contributed by atoms with van der Waals surface area (Å²) in [5.41, 5.74) is 1.93. The summed E-state index contributed by atoms with van der Waals surface area (Å²) in [6.45, 7) is 3.01. The first-order chi connectivity index (χ1) is 15.7. The Morgan fingerprint density at radius 3 is 2.16 bits per heavy atom. The summed E-state index contributed by atoms with van der Waals surface area (Å²) in [6, 6.07) is 23.4. The van der Waals surface area contributed by atoms with Gasteiger partial charge in [-0.1, -0.05) is 55.8 Å². The number of aryl methyl sites for hydroxylation is 1. The molecule has 32 heavy (non-hydrogen) atoms. The zero-order valence-corrected chi connectivity index (χ0v) is 18.3. The SMILES string of the molecule is CCCCOc1cccc(C(=O)Oc2cccc(C(=O)OCCCc3ccccc3)c2)c1. The van der Waals surface area contributed by atoms with Crippen molar-refractivity contribution in [1.29, 1.82) is 0 Å². The molecule has 166 valence electrons. The van der Waals surface area contributed by atoms with Gasteiger partial charge in [0.1, 0.15) is 11.5 Å². The molecule has 3 aromatic carbocycles. The Kier molecular flexibility index (Phi) is 8.87. The lowest BCUT2D eigenvalue weighted by molar-refractivity contribution is 0.0498. The Bertz CT molecular complexity index is 1010. The standard InChI is InChI=1S/C27H28O5/c1-2-3-17-30-24-15-7-14-23(19-24)27(29)32-25-16-8-13-22(20-25)26(28)31-18-9-12-21-10-5-4-6-11-21/h4-8,10-11,13-16,19-20H,2-3,9,12,17-18H2,1H3. The Balaban J connectivity index is 1.52. The van der Waals surface area contributed by atoms with Crippen molar-refractivity contribution in [3.05, 3.63) is 95.6 Å². The number of hydrogen-bond acceptors (Lipinski definition) is 5. The second-order valence-corrected chi connectivity index (χ2v) is 7.37. The Morgan fingerprint density at radius 1 is 0.719 bits per heavy atom. The van der Waals surface area contributed by atoms with Gasteiger partial charge in [-0.05, 0) is 61.2 Å². The largest absolute Gasteiger partial charge is 0.494 e. The first-order valence-electron chi connectivity index (χ1n) is 10.9. The predicted molar refractivity (Wildman–Crippen MR) is 123 cm³/mol. The van der Waals surface area contributed by atoms with E-state index in [1.165, 1.54) is 11.6 Å². The minimum Gasteiger partial charge on any atom is -0.494 e. The van der Waals surface area contributed by atoms with E-state index in [9.17, 15) is 9.59 Å². The van der Waals surface area contributed by atoms with Crippen LogP contribution in [0, 0.1) is 0 Å². The van der Waals surface area contributed by atoms with Crippen molar-refractivity contribution >= 4 is 11.9 Å². The number of unbranched alkanes of at least 4 members (excludes halogenated alkanes) is 1. The molecular formula is C27H28O5. The van der Waals surface area contributed by atoms with Gasteiger partial charge in [0, 0.05) is 0 Å². The lowest BCUT2D eigenvalue weighted by atomic mass is 10.1. The molecule has 0 aliphatic heterocycles. The number of esters is 2. The van der Waals surface area contributed by atoms with Crippen LogP contribution in [0.25, 0.3) is 0 Å². The molecule has 0 unspecified atom stereocenters. The fourth-order valence-corrected chi connectivity index (χ4v) is 3.07. The van der Waals surface area contributed by atoms with E-state index in [0.29, 0.717) is 30.1 Å². The molecule has 0 aliphatic rings. The van der Waals surface area contributed by atoms with Crippen LogP contribution in [0.4, 0.5) is 0 Å². The van der Waals surface area contributed by atoms with E-state index < -0.39 is 11.9 Å². The predicted octanol–water partition coefficient (Wildman–Crippen LogP) is 5.87. The average molecular weight is 433 g/mol. The van der Waals surface area contributed by atoms with E-state index in [1.807, 2.05) is 30.3 Å². The topological polar surface area (TPSA) is 61.8 Å². The average Bonchev–Trinajstić information content (AvgIpc) is 2.83. The van der Waals surface area contributed by atoms with Crippen LogP contribution in [0.3, 0.4) is 0 Å². The minimum atomic E-state index is -0.515. The molecule has 0 radical (unpaired) electrons. The molecule has 0 amide bonds. The summed E-state index contributed by atoms with van der Waals surface area (Å²) in [5.74, 6) is -0.0478. The molecule has 0 aromatic heterocycles. The third-order valence-electron chi connectivity index (χ3n) is 4.80. The van der Waals surface area contributed by atoms with Gasteiger partial charge in [-0.3, -0.25) is 0 Å². The van der Waals surface area contributed by atoms with Gasteiger partial charge < -0.3 is 14.2 Å². The zero-order valence-electron chi connectivity index (χ0n) is 18.3. The number of benzene rings is 3. The molecule has 0 fully saturated rings. The summed E-state index contributed by atoms with van der Waals surface area (Å²) < 4.78 is 16.5. The highest BCUT2D eigenvalue weighted by atomic mass is 16.5. The maximum absolute atomic E-state index is 12.5. The molecule has 0 atom stereocenters. The van der Waals surface area contributed by atoms with Crippen LogP contribution in [0.1, 0.15) is 52.5 Å². The van der Waals surface area contributed by atoms with Crippen molar-refractivity contribution in [2.75, 3.05) is 13.2 Å². The molecule has 0 bridgehead atoms. The number of hydrogen-bond donors (Lipinski definition) is 0. The molecule has 0 N–H and O–H groups in total. The first kappa shape index (κ1) is 23.1. The maximum atomic E-state index is 12.5. The van der Waals surface area contributed by atoms with Gasteiger partial charge in [0.15, 0.2) is 0 Å². The van der Waals surface area contributed by atoms with E-state index in [4.69, 9.17) is 14.2 Å². The molecule has 5 nitrogen and oxygen atoms in total. The van der Waals surface area contributed by atoms with E-state index >= 15 is 0 Å². The second kappa shape index (κ2) is 12.3. The zero-order chi connectivity index (χ0) is 22.6. The lowest BCUT2D eigenvalue weighted by Crippen LogP contribution is -2.10. The highest BCUT2D eigenvalue weighted by Crippen LogP contribution is 2.19. The van der Waals surface area contributed by atoms with Crippen LogP contribution in [0.5, 0.6) is 11.5 Å². The number of carbonyl (C=O) groups is 2. The Hall–Kier alpha value is -3.60.